The van der Waals surface area contributed by atoms with Gasteiger partial charge in [0.25, 0.3) is 0 Å². The third kappa shape index (κ3) is 4.17. The molecular formula is C16H22O4. The van der Waals surface area contributed by atoms with Crippen LogP contribution >= 0.6 is 0 Å². The SMILES string of the molecule is CCOC(=O)C(C)(COCc1ccc(C)cc1)C(C)=O. The molecule has 4 heteroatoms. The van der Waals surface area contributed by atoms with Gasteiger partial charge in [-0.05, 0) is 33.3 Å². The molecule has 0 amide bonds. The second kappa shape index (κ2) is 7.20. The van der Waals surface area contributed by atoms with Gasteiger partial charge in [-0.2, -0.15) is 0 Å². The molecule has 0 aliphatic carbocycles. The fourth-order valence-corrected chi connectivity index (χ4v) is 1.65. The summed E-state index contributed by atoms with van der Waals surface area (Å²) < 4.78 is 10.5. The van der Waals surface area contributed by atoms with Crippen molar-refractivity contribution in [1.29, 1.82) is 0 Å². The van der Waals surface area contributed by atoms with Gasteiger partial charge in [0.05, 0.1) is 19.8 Å². The third-order valence-corrected chi connectivity index (χ3v) is 3.28. The molecule has 0 aliphatic rings. The number of hydrogen-bond acceptors (Lipinski definition) is 4. The summed E-state index contributed by atoms with van der Waals surface area (Å²) >= 11 is 0. The smallest absolute Gasteiger partial charge is 0.321 e. The first-order valence-electron chi connectivity index (χ1n) is 6.71. The Hall–Kier alpha value is -1.68. The molecule has 0 aromatic heterocycles. The van der Waals surface area contributed by atoms with E-state index in [0.29, 0.717) is 6.61 Å². The van der Waals surface area contributed by atoms with Crippen LogP contribution in [0, 0.1) is 12.3 Å². The standard InChI is InChI=1S/C16H22O4/c1-5-20-15(18)16(4,13(3)17)11-19-10-14-8-6-12(2)7-9-14/h6-9H,5,10-11H2,1-4H3. The Morgan fingerprint density at radius 1 is 1.20 bits per heavy atom. The average molecular weight is 278 g/mol. The number of aryl methyl sites for hydroxylation is 1. The van der Waals surface area contributed by atoms with Crippen molar-refractivity contribution in [2.24, 2.45) is 5.41 Å². The molecule has 1 aromatic carbocycles. The molecule has 1 atom stereocenters. The molecule has 0 aliphatic heterocycles. The number of rotatable bonds is 7. The molecule has 0 bridgehead atoms. The molecule has 4 nitrogen and oxygen atoms in total. The quantitative estimate of drug-likeness (QED) is 0.568. The first-order chi connectivity index (χ1) is 9.40. The summed E-state index contributed by atoms with van der Waals surface area (Å²) in [5, 5.41) is 0. The first-order valence-corrected chi connectivity index (χ1v) is 6.71. The predicted octanol–water partition coefficient (Wildman–Crippen LogP) is 2.67. The van der Waals surface area contributed by atoms with Crippen LogP contribution in [-0.2, 0) is 25.7 Å². The van der Waals surface area contributed by atoms with Gasteiger partial charge in [0.15, 0.2) is 0 Å². The number of esters is 1. The maximum atomic E-state index is 11.9. The summed E-state index contributed by atoms with van der Waals surface area (Å²) in [5.41, 5.74) is 0.944. The van der Waals surface area contributed by atoms with Crippen LogP contribution in [-0.4, -0.2) is 25.0 Å². The van der Waals surface area contributed by atoms with Crippen molar-refractivity contribution in [3.63, 3.8) is 0 Å². The molecule has 1 rings (SSSR count). The van der Waals surface area contributed by atoms with Crippen LogP contribution in [0.3, 0.4) is 0 Å². The summed E-state index contributed by atoms with van der Waals surface area (Å²) in [6.45, 7) is 7.30. The molecular weight excluding hydrogens is 256 g/mol. The van der Waals surface area contributed by atoms with Crippen LogP contribution in [0.5, 0.6) is 0 Å². The van der Waals surface area contributed by atoms with E-state index in [4.69, 9.17) is 9.47 Å². The van der Waals surface area contributed by atoms with Gasteiger partial charge in [-0.3, -0.25) is 9.59 Å². The number of hydrogen-bond donors (Lipinski definition) is 0. The largest absolute Gasteiger partial charge is 0.465 e. The lowest BCUT2D eigenvalue weighted by Crippen LogP contribution is -2.40. The number of ketones is 1. The molecule has 0 saturated heterocycles. The van der Waals surface area contributed by atoms with Crippen molar-refractivity contribution in [2.75, 3.05) is 13.2 Å². The van der Waals surface area contributed by atoms with E-state index < -0.39 is 11.4 Å². The Labute approximate surface area is 120 Å². The molecule has 110 valence electrons. The molecule has 1 unspecified atom stereocenters. The zero-order valence-electron chi connectivity index (χ0n) is 12.6. The van der Waals surface area contributed by atoms with Gasteiger partial charge < -0.3 is 9.47 Å². The number of carbonyl (C=O) groups is 2. The monoisotopic (exact) mass is 278 g/mol. The number of Topliss-reactive ketones (excluding diaryl/α,β-unsaturated/α-hetero) is 1. The molecule has 0 fully saturated rings. The zero-order chi connectivity index (χ0) is 15.2. The molecule has 0 spiro atoms. The maximum absolute atomic E-state index is 11.9. The fraction of sp³-hybridized carbons (Fsp3) is 0.500. The van der Waals surface area contributed by atoms with Crippen LogP contribution in [0.1, 0.15) is 31.9 Å². The van der Waals surface area contributed by atoms with Gasteiger partial charge in [0.1, 0.15) is 11.2 Å². The molecule has 0 N–H and O–H groups in total. The molecule has 0 saturated carbocycles. The number of benzene rings is 1. The Balaban J connectivity index is 2.61. The molecule has 0 heterocycles. The second-order valence-corrected chi connectivity index (χ2v) is 5.09. The van der Waals surface area contributed by atoms with E-state index in [2.05, 4.69) is 0 Å². The van der Waals surface area contributed by atoms with E-state index in [-0.39, 0.29) is 19.0 Å². The minimum absolute atomic E-state index is 0.0229. The van der Waals surface area contributed by atoms with Gasteiger partial charge in [-0.15, -0.1) is 0 Å². The minimum Gasteiger partial charge on any atom is -0.465 e. The van der Waals surface area contributed by atoms with Crippen molar-refractivity contribution in [3.05, 3.63) is 35.4 Å². The molecule has 1 aromatic rings. The van der Waals surface area contributed by atoms with Gasteiger partial charge in [0, 0.05) is 0 Å². The minimum atomic E-state index is -1.24. The zero-order valence-corrected chi connectivity index (χ0v) is 12.6. The van der Waals surface area contributed by atoms with Crippen molar-refractivity contribution in [3.8, 4) is 0 Å². The van der Waals surface area contributed by atoms with E-state index >= 15 is 0 Å². The highest BCUT2D eigenvalue weighted by Crippen LogP contribution is 2.21. The third-order valence-electron chi connectivity index (χ3n) is 3.28. The van der Waals surface area contributed by atoms with E-state index in [1.165, 1.54) is 12.5 Å². The molecule has 0 radical (unpaired) electrons. The van der Waals surface area contributed by atoms with Gasteiger partial charge >= 0.3 is 5.97 Å². The topological polar surface area (TPSA) is 52.6 Å². The van der Waals surface area contributed by atoms with Crippen LogP contribution in [0.4, 0.5) is 0 Å². The molecule has 20 heavy (non-hydrogen) atoms. The van der Waals surface area contributed by atoms with E-state index in [0.717, 1.165) is 5.56 Å². The summed E-state index contributed by atoms with van der Waals surface area (Å²) in [7, 11) is 0. The van der Waals surface area contributed by atoms with Gasteiger partial charge in [-0.25, -0.2) is 0 Å². The van der Waals surface area contributed by atoms with Crippen LogP contribution in [0.25, 0.3) is 0 Å². The first kappa shape index (κ1) is 16.4. The van der Waals surface area contributed by atoms with Crippen LogP contribution in [0.2, 0.25) is 0 Å². The van der Waals surface area contributed by atoms with Crippen LogP contribution in [0.15, 0.2) is 24.3 Å². The predicted molar refractivity (Wildman–Crippen MR) is 76.3 cm³/mol. The number of ether oxygens (including phenoxy) is 2. The number of carbonyl (C=O) groups excluding carboxylic acids is 2. The Bertz CT molecular complexity index is 464. The maximum Gasteiger partial charge on any atom is 0.321 e. The van der Waals surface area contributed by atoms with E-state index in [1.807, 2.05) is 31.2 Å². The van der Waals surface area contributed by atoms with Crippen molar-refractivity contribution >= 4 is 11.8 Å². The lowest BCUT2D eigenvalue weighted by Gasteiger charge is -2.24. The Kier molecular flexibility index (Phi) is 5.89. The fourth-order valence-electron chi connectivity index (χ4n) is 1.65. The van der Waals surface area contributed by atoms with E-state index in [1.54, 1.807) is 13.8 Å². The van der Waals surface area contributed by atoms with Crippen molar-refractivity contribution in [2.45, 2.75) is 34.3 Å². The lowest BCUT2D eigenvalue weighted by atomic mass is 9.87. The van der Waals surface area contributed by atoms with Gasteiger partial charge in [0.2, 0.25) is 0 Å². The Morgan fingerprint density at radius 2 is 1.80 bits per heavy atom. The summed E-state index contributed by atoms with van der Waals surface area (Å²) in [4.78, 5) is 23.6. The second-order valence-electron chi connectivity index (χ2n) is 5.09. The highest BCUT2D eigenvalue weighted by Gasteiger charge is 2.40. The highest BCUT2D eigenvalue weighted by molar-refractivity contribution is 6.02. The van der Waals surface area contributed by atoms with Crippen molar-refractivity contribution in [1.82, 2.24) is 0 Å². The normalized spacial score (nSPS) is 13.6. The average Bonchev–Trinajstić information content (AvgIpc) is 2.40. The highest BCUT2D eigenvalue weighted by atomic mass is 16.5. The lowest BCUT2D eigenvalue weighted by molar-refractivity contribution is -0.162. The Morgan fingerprint density at radius 3 is 2.30 bits per heavy atom. The van der Waals surface area contributed by atoms with Gasteiger partial charge in [-0.1, -0.05) is 29.8 Å². The van der Waals surface area contributed by atoms with Crippen LogP contribution < -0.4 is 0 Å². The summed E-state index contributed by atoms with van der Waals surface area (Å²) in [6.07, 6.45) is 0. The van der Waals surface area contributed by atoms with Crippen molar-refractivity contribution < 1.29 is 19.1 Å². The van der Waals surface area contributed by atoms with E-state index in [9.17, 15) is 9.59 Å². The summed E-state index contributed by atoms with van der Waals surface area (Å²) in [6, 6.07) is 7.91. The summed E-state index contributed by atoms with van der Waals surface area (Å²) in [5.74, 6) is -0.781.